The van der Waals surface area contributed by atoms with Crippen molar-refractivity contribution in [1.29, 1.82) is 0 Å². The maximum atomic E-state index is 11.9. The fraction of sp³-hybridized carbons (Fsp3) is 0.150. The van der Waals surface area contributed by atoms with Gasteiger partial charge in [-0.1, -0.05) is 66.7 Å². The van der Waals surface area contributed by atoms with Crippen molar-refractivity contribution in [2.24, 2.45) is 0 Å². The minimum absolute atomic E-state index is 0.0118. The van der Waals surface area contributed by atoms with Crippen LogP contribution in [0.25, 0.3) is 10.8 Å². The molecule has 0 atom stereocenters. The molecule has 0 heterocycles. The fourth-order valence-corrected chi connectivity index (χ4v) is 2.52. The molecular weight excluding hydrogens is 286 g/mol. The molecule has 0 saturated carbocycles. The Balaban J connectivity index is 1.49. The van der Waals surface area contributed by atoms with Crippen molar-refractivity contribution in [2.75, 3.05) is 13.2 Å². The molecule has 0 radical (unpaired) electrons. The fourth-order valence-electron chi connectivity index (χ4n) is 2.52. The second-order valence-electron chi connectivity index (χ2n) is 5.34. The predicted molar refractivity (Wildman–Crippen MR) is 92.6 cm³/mol. The number of carbonyl (C=O) groups is 1. The summed E-state index contributed by atoms with van der Waals surface area (Å²) in [6.45, 7) is 0.948. The van der Waals surface area contributed by atoms with Gasteiger partial charge < -0.3 is 10.1 Å². The zero-order valence-electron chi connectivity index (χ0n) is 12.9. The summed E-state index contributed by atoms with van der Waals surface area (Å²) in [5, 5.41) is 5.13. The smallest absolute Gasteiger partial charge is 0.224 e. The number of ether oxygens (including phenoxy) is 1. The van der Waals surface area contributed by atoms with Crippen LogP contribution in [0.4, 0.5) is 0 Å². The molecule has 116 valence electrons. The topological polar surface area (TPSA) is 38.3 Å². The Morgan fingerprint density at radius 3 is 2.48 bits per heavy atom. The van der Waals surface area contributed by atoms with Gasteiger partial charge in [0.05, 0.1) is 13.0 Å². The molecule has 0 fully saturated rings. The second-order valence-corrected chi connectivity index (χ2v) is 5.34. The van der Waals surface area contributed by atoms with E-state index in [1.165, 1.54) is 0 Å². The summed E-state index contributed by atoms with van der Waals surface area (Å²) < 4.78 is 5.81. The minimum Gasteiger partial charge on any atom is -0.491 e. The minimum atomic E-state index is 0.0118. The molecule has 0 spiro atoms. The van der Waals surface area contributed by atoms with Gasteiger partial charge in [-0.3, -0.25) is 4.79 Å². The summed E-state index contributed by atoms with van der Waals surface area (Å²) in [5.74, 6) is 0.859. The predicted octanol–water partition coefficient (Wildman–Crippen LogP) is 3.58. The van der Waals surface area contributed by atoms with Crippen LogP contribution in [0.3, 0.4) is 0 Å². The maximum absolute atomic E-state index is 11.9. The van der Waals surface area contributed by atoms with Gasteiger partial charge in [0, 0.05) is 5.39 Å². The van der Waals surface area contributed by atoms with E-state index in [0.29, 0.717) is 19.6 Å². The van der Waals surface area contributed by atoms with Crippen LogP contribution >= 0.6 is 0 Å². The molecule has 3 rings (SSSR count). The Morgan fingerprint density at radius 1 is 0.870 bits per heavy atom. The molecule has 3 aromatic carbocycles. The van der Waals surface area contributed by atoms with Crippen molar-refractivity contribution in [3.63, 3.8) is 0 Å². The van der Waals surface area contributed by atoms with Gasteiger partial charge in [-0.2, -0.15) is 0 Å². The highest BCUT2D eigenvalue weighted by Gasteiger charge is 2.04. The summed E-state index contributed by atoms with van der Waals surface area (Å²) in [6.07, 6.45) is 0.398. The van der Waals surface area contributed by atoms with E-state index in [0.717, 1.165) is 22.1 Å². The molecular formula is C20H19NO2. The largest absolute Gasteiger partial charge is 0.491 e. The van der Waals surface area contributed by atoms with E-state index in [1.54, 1.807) is 0 Å². The van der Waals surface area contributed by atoms with Crippen molar-refractivity contribution in [1.82, 2.24) is 5.32 Å². The lowest BCUT2D eigenvalue weighted by molar-refractivity contribution is -0.120. The Labute approximate surface area is 135 Å². The highest BCUT2D eigenvalue weighted by atomic mass is 16.5. The van der Waals surface area contributed by atoms with Gasteiger partial charge in [0.2, 0.25) is 5.91 Å². The van der Waals surface area contributed by atoms with Crippen LogP contribution in [0, 0.1) is 0 Å². The lowest BCUT2D eigenvalue weighted by Crippen LogP contribution is -2.29. The summed E-state index contributed by atoms with van der Waals surface area (Å²) >= 11 is 0. The van der Waals surface area contributed by atoms with Gasteiger partial charge in [0.15, 0.2) is 0 Å². The number of hydrogen-bond acceptors (Lipinski definition) is 2. The van der Waals surface area contributed by atoms with Crippen molar-refractivity contribution < 1.29 is 9.53 Å². The van der Waals surface area contributed by atoms with E-state index >= 15 is 0 Å². The van der Waals surface area contributed by atoms with Crippen LogP contribution in [0.2, 0.25) is 0 Å². The van der Waals surface area contributed by atoms with Crippen LogP contribution < -0.4 is 10.1 Å². The van der Waals surface area contributed by atoms with E-state index in [2.05, 4.69) is 17.4 Å². The molecule has 0 aliphatic carbocycles. The van der Waals surface area contributed by atoms with Gasteiger partial charge in [0.1, 0.15) is 12.4 Å². The van der Waals surface area contributed by atoms with Crippen LogP contribution in [-0.4, -0.2) is 19.1 Å². The molecule has 0 bridgehead atoms. The van der Waals surface area contributed by atoms with Crippen LogP contribution in [0.5, 0.6) is 5.75 Å². The molecule has 0 aliphatic rings. The number of nitrogens with one attached hydrogen (secondary N) is 1. The average Bonchev–Trinajstić information content (AvgIpc) is 2.60. The lowest BCUT2D eigenvalue weighted by atomic mass is 10.1. The molecule has 3 aromatic rings. The Kier molecular flexibility index (Phi) is 4.89. The summed E-state index contributed by atoms with van der Waals surface area (Å²) in [7, 11) is 0. The molecule has 1 amide bonds. The number of amides is 1. The van der Waals surface area contributed by atoms with Crippen molar-refractivity contribution in [3.05, 3.63) is 78.4 Å². The number of carbonyl (C=O) groups excluding carboxylic acids is 1. The van der Waals surface area contributed by atoms with E-state index < -0.39 is 0 Å². The number of fused-ring (bicyclic) bond motifs is 1. The monoisotopic (exact) mass is 305 g/mol. The number of rotatable bonds is 6. The quantitative estimate of drug-likeness (QED) is 0.707. The lowest BCUT2D eigenvalue weighted by Gasteiger charge is -2.10. The molecule has 3 nitrogen and oxygen atoms in total. The first-order chi connectivity index (χ1) is 11.3. The van der Waals surface area contributed by atoms with Gasteiger partial charge in [-0.25, -0.2) is 0 Å². The summed E-state index contributed by atoms with van der Waals surface area (Å²) in [4.78, 5) is 11.9. The first-order valence-electron chi connectivity index (χ1n) is 7.74. The van der Waals surface area contributed by atoms with Crippen molar-refractivity contribution >= 4 is 16.7 Å². The molecule has 0 unspecified atom stereocenters. The van der Waals surface area contributed by atoms with Gasteiger partial charge in [-0.05, 0) is 17.0 Å². The van der Waals surface area contributed by atoms with E-state index in [-0.39, 0.29) is 5.91 Å². The number of hydrogen-bond donors (Lipinski definition) is 1. The molecule has 0 aliphatic heterocycles. The first kappa shape index (κ1) is 15.1. The van der Waals surface area contributed by atoms with Crippen LogP contribution in [0.1, 0.15) is 5.56 Å². The standard InChI is InChI=1S/C20H19NO2/c22-20(15-16-7-2-1-3-8-16)21-13-14-23-19-12-6-10-17-9-4-5-11-18(17)19/h1-12H,13-15H2,(H,21,22). The highest BCUT2D eigenvalue weighted by molar-refractivity contribution is 5.88. The third kappa shape index (κ3) is 4.10. The third-order valence-corrected chi connectivity index (χ3v) is 3.64. The normalized spacial score (nSPS) is 10.4. The van der Waals surface area contributed by atoms with Gasteiger partial charge in [0.25, 0.3) is 0 Å². The van der Waals surface area contributed by atoms with Crippen LogP contribution in [-0.2, 0) is 11.2 Å². The summed E-state index contributed by atoms with van der Waals surface area (Å²) in [6, 6.07) is 23.8. The van der Waals surface area contributed by atoms with Crippen molar-refractivity contribution in [3.8, 4) is 5.75 Å². The van der Waals surface area contributed by atoms with Crippen molar-refractivity contribution in [2.45, 2.75) is 6.42 Å². The highest BCUT2D eigenvalue weighted by Crippen LogP contribution is 2.24. The zero-order valence-corrected chi connectivity index (χ0v) is 12.9. The third-order valence-electron chi connectivity index (χ3n) is 3.64. The molecule has 23 heavy (non-hydrogen) atoms. The molecule has 3 heteroatoms. The first-order valence-corrected chi connectivity index (χ1v) is 7.74. The Hall–Kier alpha value is -2.81. The van der Waals surface area contributed by atoms with Crippen LogP contribution in [0.15, 0.2) is 72.8 Å². The van der Waals surface area contributed by atoms with Gasteiger partial charge >= 0.3 is 0 Å². The molecule has 1 N–H and O–H groups in total. The number of benzene rings is 3. The SMILES string of the molecule is O=C(Cc1ccccc1)NCCOc1cccc2ccccc12. The Morgan fingerprint density at radius 2 is 1.61 bits per heavy atom. The summed E-state index contributed by atoms with van der Waals surface area (Å²) in [5.41, 5.74) is 1.01. The Bertz CT molecular complexity index is 779. The molecule has 0 aromatic heterocycles. The van der Waals surface area contributed by atoms with E-state index in [1.807, 2.05) is 60.7 Å². The second kappa shape index (κ2) is 7.45. The van der Waals surface area contributed by atoms with E-state index in [9.17, 15) is 4.79 Å². The zero-order chi connectivity index (χ0) is 15.9. The average molecular weight is 305 g/mol. The molecule has 0 saturated heterocycles. The maximum Gasteiger partial charge on any atom is 0.224 e. The van der Waals surface area contributed by atoms with Gasteiger partial charge in [-0.15, -0.1) is 0 Å². The van der Waals surface area contributed by atoms with E-state index in [4.69, 9.17) is 4.74 Å².